The van der Waals surface area contributed by atoms with E-state index in [0.717, 1.165) is 20.3 Å². The molecule has 1 aromatic rings. The second kappa shape index (κ2) is 8.21. The quantitative estimate of drug-likeness (QED) is 0.228. The number of ether oxygens (including phenoxy) is 2. The number of rotatable bonds is 4. The van der Waals surface area contributed by atoms with Crippen LogP contribution in [0.2, 0.25) is 5.02 Å². The van der Waals surface area contributed by atoms with Crippen LogP contribution >= 0.6 is 11.6 Å². The largest absolute Gasteiger partial charge is 1.00 e. The molecule has 0 aliphatic heterocycles. The van der Waals surface area contributed by atoms with Gasteiger partial charge in [-0.3, -0.25) is 19.7 Å². The summed E-state index contributed by atoms with van der Waals surface area (Å²) in [6.45, 7) is 0. The van der Waals surface area contributed by atoms with Crippen molar-refractivity contribution in [2.24, 2.45) is 0 Å². The van der Waals surface area contributed by atoms with Gasteiger partial charge in [0.15, 0.2) is 5.92 Å². The smallest absolute Gasteiger partial charge is 1.00 e. The summed E-state index contributed by atoms with van der Waals surface area (Å²) in [4.78, 5) is 33.4. The van der Waals surface area contributed by atoms with Gasteiger partial charge in [0.1, 0.15) is 0 Å². The molecule has 1 rings (SSSR count). The van der Waals surface area contributed by atoms with Crippen molar-refractivity contribution in [1.29, 1.82) is 0 Å². The number of benzene rings is 1. The molecule has 0 aliphatic carbocycles. The Morgan fingerprint density at radius 1 is 1.30 bits per heavy atom. The van der Waals surface area contributed by atoms with Gasteiger partial charge >= 0.3 is 41.5 Å². The van der Waals surface area contributed by atoms with Gasteiger partial charge in [-0.25, -0.2) is 0 Å². The van der Waals surface area contributed by atoms with Gasteiger partial charge in [0.25, 0.3) is 5.69 Å². The molecule has 0 amide bonds. The van der Waals surface area contributed by atoms with Crippen molar-refractivity contribution in [3.05, 3.63) is 38.9 Å². The predicted octanol–water partition coefficient (Wildman–Crippen LogP) is -1.21. The van der Waals surface area contributed by atoms with Crippen LogP contribution in [0, 0.1) is 10.1 Å². The monoisotopic (exact) mass is 311 g/mol. The van der Waals surface area contributed by atoms with Crippen LogP contribution in [0.5, 0.6) is 0 Å². The molecule has 0 bridgehead atoms. The summed E-state index contributed by atoms with van der Waals surface area (Å²) in [5.74, 6) is -3.41. The van der Waals surface area contributed by atoms with Crippen LogP contribution in [0.25, 0.3) is 0 Å². The van der Waals surface area contributed by atoms with E-state index in [2.05, 4.69) is 9.47 Å². The molecule has 104 valence electrons. The van der Waals surface area contributed by atoms with E-state index in [1.54, 1.807) is 0 Å². The van der Waals surface area contributed by atoms with Gasteiger partial charge in [0.2, 0.25) is 0 Å². The van der Waals surface area contributed by atoms with Gasteiger partial charge in [0, 0.05) is 11.1 Å². The Bertz CT molecular complexity index is 525. The van der Waals surface area contributed by atoms with E-state index in [9.17, 15) is 19.7 Å². The maximum absolute atomic E-state index is 11.6. The SMILES string of the molecule is COC(=O)C(C(=O)OC)c1ccc(Cl)cc1[N+](=O)[O-].[H-].[Na+]. The van der Waals surface area contributed by atoms with Gasteiger partial charge in [-0.05, 0) is 12.1 Å². The summed E-state index contributed by atoms with van der Waals surface area (Å²) in [7, 11) is 2.14. The average Bonchev–Trinajstić information content (AvgIpc) is 2.39. The van der Waals surface area contributed by atoms with E-state index < -0.39 is 28.5 Å². The van der Waals surface area contributed by atoms with E-state index in [1.165, 1.54) is 12.1 Å². The van der Waals surface area contributed by atoms with E-state index in [4.69, 9.17) is 11.6 Å². The molecule has 7 nitrogen and oxygen atoms in total. The number of hydrogen-bond donors (Lipinski definition) is 0. The third-order valence-corrected chi connectivity index (χ3v) is 2.61. The maximum Gasteiger partial charge on any atom is 1.00 e. The topological polar surface area (TPSA) is 95.7 Å². The molecule has 0 saturated carbocycles. The van der Waals surface area contributed by atoms with Crippen LogP contribution in [0.15, 0.2) is 18.2 Å². The number of hydrogen-bond acceptors (Lipinski definition) is 6. The molecule has 0 fully saturated rings. The standard InChI is InChI=1S/C11H10ClNO6.Na.H/c1-18-10(14)9(11(15)19-2)7-4-3-6(12)5-8(7)13(16)17;;/h3-5,9H,1-2H3;;/q;+1;-1. The molecule has 0 radical (unpaired) electrons. The second-order valence-electron chi connectivity index (χ2n) is 3.44. The van der Waals surface area contributed by atoms with Gasteiger partial charge in [-0.15, -0.1) is 0 Å². The number of esters is 2. The first kappa shape index (κ1) is 18.9. The number of nitro groups is 1. The fourth-order valence-corrected chi connectivity index (χ4v) is 1.67. The van der Waals surface area contributed by atoms with Gasteiger partial charge in [0.05, 0.1) is 24.7 Å². The molecule has 0 heterocycles. The molecule has 20 heavy (non-hydrogen) atoms. The molecule has 0 atom stereocenters. The number of nitrogens with zero attached hydrogens (tertiary/aromatic N) is 1. The Kier molecular flexibility index (Phi) is 7.74. The normalized spacial score (nSPS) is 9.60. The third kappa shape index (κ3) is 4.17. The number of carbonyl (C=O) groups excluding carboxylic acids is 2. The zero-order chi connectivity index (χ0) is 14.6. The van der Waals surface area contributed by atoms with E-state index >= 15 is 0 Å². The summed E-state index contributed by atoms with van der Waals surface area (Å²) in [6, 6.07) is 3.61. The first-order valence-electron chi connectivity index (χ1n) is 5.01. The first-order chi connectivity index (χ1) is 8.92. The molecule has 0 saturated heterocycles. The van der Waals surface area contributed by atoms with Crippen LogP contribution in [0.1, 0.15) is 12.9 Å². The minimum atomic E-state index is -1.52. The zero-order valence-electron chi connectivity index (χ0n) is 12.1. The van der Waals surface area contributed by atoms with Crippen molar-refractivity contribution in [2.75, 3.05) is 14.2 Å². The summed E-state index contributed by atoms with van der Waals surface area (Å²) in [5, 5.41) is 11.1. The van der Waals surface area contributed by atoms with E-state index in [1.807, 2.05) is 0 Å². The summed E-state index contributed by atoms with van der Waals surface area (Å²) in [5.41, 5.74) is -0.582. The Hall–Kier alpha value is -1.15. The molecule has 0 unspecified atom stereocenters. The molecule has 0 aromatic heterocycles. The van der Waals surface area contributed by atoms with Crippen LogP contribution in [0.4, 0.5) is 5.69 Å². The Balaban J connectivity index is 0. The Morgan fingerprint density at radius 2 is 1.80 bits per heavy atom. The second-order valence-corrected chi connectivity index (χ2v) is 3.88. The van der Waals surface area contributed by atoms with E-state index in [0.29, 0.717) is 0 Å². The number of halogens is 1. The molecular formula is C11H11ClNNaO6. The van der Waals surface area contributed by atoms with Crippen LogP contribution in [0.3, 0.4) is 0 Å². The minimum absolute atomic E-state index is 0. The van der Waals surface area contributed by atoms with Crippen molar-refractivity contribution < 1.29 is 55.0 Å². The molecule has 0 aliphatic rings. The average molecular weight is 312 g/mol. The van der Waals surface area contributed by atoms with Gasteiger partial charge < -0.3 is 10.9 Å². The number of carbonyl (C=O) groups is 2. The van der Waals surface area contributed by atoms with Crippen molar-refractivity contribution in [1.82, 2.24) is 0 Å². The molecule has 1 aromatic carbocycles. The molecule has 0 spiro atoms. The van der Waals surface area contributed by atoms with Crippen molar-refractivity contribution in [3.8, 4) is 0 Å². The van der Waals surface area contributed by atoms with Crippen LogP contribution in [-0.2, 0) is 19.1 Å². The molecular weight excluding hydrogens is 301 g/mol. The number of methoxy groups -OCH3 is 2. The van der Waals surface area contributed by atoms with Crippen LogP contribution in [-0.4, -0.2) is 31.1 Å². The summed E-state index contributed by atoms with van der Waals surface area (Å²) < 4.78 is 8.92. The molecule has 9 heteroatoms. The van der Waals surface area contributed by atoms with Gasteiger partial charge in [-0.2, -0.15) is 0 Å². The Labute approximate surface area is 143 Å². The van der Waals surface area contributed by atoms with Crippen molar-refractivity contribution in [2.45, 2.75) is 5.92 Å². The minimum Gasteiger partial charge on any atom is -1.00 e. The Morgan fingerprint density at radius 3 is 2.20 bits per heavy atom. The first-order valence-corrected chi connectivity index (χ1v) is 5.39. The van der Waals surface area contributed by atoms with E-state index in [-0.39, 0.29) is 41.6 Å². The third-order valence-electron chi connectivity index (χ3n) is 2.37. The summed E-state index contributed by atoms with van der Waals surface area (Å²) in [6.07, 6.45) is 0. The fourth-order valence-electron chi connectivity index (χ4n) is 1.50. The molecule has 0 N–H and O–H groups in total. The fraction of sp³-hybridized carbons (Fsp3) is 0.273. The van der Waals surface area contributed by atoms with Crippen molar-refractivity contribution >= 4 is 29.2 Å². The summed E-state index contributed by atoms with van der Waals surface area (Å²) >= 11 is 5.66. The van der Waals surface area contributed by atoms with Crippen LogP contribution < -0.4 is 29.6 Å². The maximum atomic E-state index is 11.6. The predicted molar refractivity (Wildman–Crippen MR) is 66.0 cm³/mol. The number of nitro benzene ring substituents is 1. The van der Waals surface area contributed by atoms with Crippen molar-refractivity contribution in [3.63, 3.8) is 0 Å². The zero-order valence-corrected chi connectivity index (χ0v) is 13.8. The van der Waals surface area contributed by atoms with Gasteiger partial charge in [-0.1, -0.05) is 11.6 Å².